The van der Waals surface area contributed by atoms with E-state index in [-0.39, 0.29) is 22.9 Å². The summed E-state index contributed by atoms with van der Waals surface area (Å²) in [5.74, 6) is 1.33. The summed E-state index contributed by atoms with van der Waals surface area (Å²) in [6, 6.07) is 6.85. The van der Waals surface area contributed by atoms with Gasteiger partial charge in [0.05, 0.1) is 10.9 Å². The average molecular weight is 375 g/mol. The Morgan fingerprint density at radius 2 is 2.04 bits per heavy atom. The fourth-order valence-corrected chi connectivity index (χ4v) is 4.12. The molecule has 1 aromatic carbocycles. The summed E-state index contributed by atoms with van der Waals surface area (Å²) >= 11 is 1.33. The lowest BCUT2D eigenvalue weighted by Crippen LogP contribution is -2.46. The smallest absolute Gasteiger partial charge is 0.233 e. The van der Waals surface area contributed by atoms with Crippen LogP contribution in [0.25, 0.3) is 5.69 Å². The number of benzene rings is 1. The molecule has 0 aliphatic heterocycles. The van der Waals surface area contributed by atoms with E-state index >= 15 is 0 Å². The second-order valence-electron chi connectivity index (χ2n) is 7.03. The highest BCUT2D eigenvalue weighted by Gasteiger charge is 2.30. The molecule has 7 nitrogen and oxygen atoms in total. The van der Waals surface area contributed by atoms with Crippen molar-refractivity contribution in [3.05, 3.63) is 24.3 Å². The molecule has 1 amide bonds. The number of hydrogen-bond acceptors (Lipinski definition) is 6. The summed E-state index contributed by atoms with van der Waals surface area (Å²) in [6.07, 6.45) is 3.44. The summed E-state index contributed by atoms with van der Waals surface area (Å²) < 4.78 is 1.57. The summed E-state index contributed by atoms with van der Waals surface area (Å²) in [4.78, 5) is 12.6. The number of nitrogens with zero attached hydrogens (tertiary/aromatic N) is 4. The van der Waals surface area contributed by atoms with Crippen molar-refractivity contribution >= 4 is 17.7 Å². The summed E-state index contributed by atoms with van der Waals surface area (Å²) in [5.41, 5.74) is 0.734. The van der Waals surface area contributed by atoms with Crippen LogP contribution < -0.4 is 5.32 Å². The molecular formula is C18H25N5O2S. The summed E-state index contributed by atoms with van der Waals surface area (Å²) in [5, 5.41) is 24.6. The van der Waals surface area contributed by atoms with Gasteiger partial charge in [0.25, 0.3) is 0 Å². The van der Waals surface area contributed by atoms with Crippen molar-refractivity contribution in [3.8, 4) is 11.4 Å². The number of carbonyl (C=O) groups excluding carboxylic acids is 1. The standard InChI is InChI=1S/C18H25N5O2S/c1-11-5-4-6-16(12(11)2)19-17(25)13(3)26-18-20-21-22-23(18)14-7-9-15(24)10-8-14/h7-13,16,24H,4-6H2,1-3H3,(H,19,25)/t11-,12+,13+,16-/m0/s1. The van der Waals surface area contributed by atoms with Crippen LogP contribution in [-0.2, 0) is 4.79 Å². The third kappa shape index (κ3) is 4.17. The number of phenolic OH excluding ortho intramolecular Hbond substituents is 1. The normalized spacial score (nSPS) is 24.2. The molecule has 2 aromatic rings. The molecule has 1 aliphatic rings. The Morgan fingerprint density at radius 1 is 1.31 bits per heavy atom. The monoisotopic (exact) mass is 375 g/mol. The van der Waals surface area contributed by atoms with Gasteiger partial charge in [0.15, 0.2) is 0 Å². The van der Waals surface area contributed by atoms with E-state index in [0.717, 1.165) is 18.5 Å². The Bertz CT molecular complexity index is 748. The van der Waals surface area contributed by atoms with E-state index in [2.05, 4.69) is 34.7 Å². The Labute approximate surface area is 157 Å². The Balaban J connectivity index is 1.65. The molecule has 2 N–H and O–H groups in total. The number of phenols is 1. The highest BCUT2D eigenvalue weighted by Crippen LogP contribution is 2.30. The van der Waals surface area contributed by atoms with Gasteiger partial charge < -0.3 is 10.4 Å². The number of aromatic hydroxyl groups is 1. The minimum absolute atomic E-state index is 0.0150. The first-order valence-corrected chi connectivity index (χ1v) is 9.88. The summed E-state index contributed by atoms with van der Waals surface area (Å²) in [7, 11) is 0. The van der Waals surface area contributed by atoms with Gasteiger partial charge in [-0.2, -0.15) is 4.68 Å². The van der Waals surface area contributed by atoms with Gasteiger partial charge in [-0.05, 0) is 59.9 Å². The largest absolute Gasteiger partial charge is 0.508 e. The topological polar surface area (TPSA) is 92.9 Å². The molecular weight excluding hydrogens is 350 g/mol. The van der Waals surface area contributed by atoms with E-state index in [4.69, 9.17) is 0 Å². The maximum Gasteiger partial charge on any atom is 0.233 e. The summed E-state index contributed by atoms with van der Waals surface area (Å²) in [6.45, 7) is 6.34. The van der Waals surface area contributed by atoms with Gasteiger partial charge >= 0.3 is 0 Å². The molecule has 26 heavy (non-hydrogen) atoms. The first kappa shape index (κ1) is 18.7. The second kappa shape index (κ2) is 8.07. The van der Waals surface area contributed by atoms with Crippen molar-refractivity contribution in [1.82, 2.24) is 25.5 Å². The second-order valence-corrected chi connectivity index (χ2v) is 8.34. The van der Waals surface area contributed by atoms with E-state index in [1.54, 1.807) is 28.9 Å². The molecule has 1 aromatic heterocycles. The number of carbonyl (C=O) groups is 1. The lowest BCUT2D eigenvalue weighted by atomic mass is 9.78. The first-order valence-electron chi connectivity index (χ1n) is 9.00. The fraction of sp³-hybridized carbons (Fsp3) is 0.556. The average Bonchev–Trinajstić information content (AvgIpc) is 3.07. The van der Waals surface area contributed by atoms with Crippen molar-refractivity contribution in [2.75, 3.05) is 0 Å². The number of rotatable bonds is 5. The van der Waals surface area contributed by atoms with Crippen LogP contribution in [0.1, 0.15) is 40.0 Å². The molecule has 1 heterocycles. The maximum atomic E-state index is 12.6. The van der Waals surface area contributed by atoms with E-state index in [1.807, 2.05) is 6.92 Å². The van der Waals surface area contributed by atoms with Gasteiger partial charge in [-0.15, -0.1) is 5.10 Å². The lowest BCUT2D eigenvalue weighted by Gasteiger charge is -2.35. The molecule has 0 spiro atoms. The number of aromatic nitrogens is 4. The molecule has 1 fully saturated rings. The molecule has 8 heteroatoms. The molecule has 0 bridgehead atoms. The van der Waals surface area contributed by atoms with E-state index in [1.165, 1.54) is 18.2 Å². The van der Waals surface area contributed by atoms with Gasteiger partial charge in [-0.25, -0.2) is 0 Å². The van der Waals surface area contributed by atoms with E-state index in [9.17, 15) is 9.90 Å². The van der Waals surface area contributed by atoms with Crippen LogP contribution in [-0.4, -0.2) is 42.5 Å². The van der Waals surface area contributed by atoms with Crippen LogP contribution in [0.15, 0.2) is 29.4 Å². The van der Waals surface area contributed by atoms with Crippen molar-refractivity contribution in [3.63, 3.8) is 0 Å². The highest BCUT2D eigenvalue weighted by molar-refractivity contribution is 8.00. The Hall–Kier alpha value is -2.09. The lowest BCUT2D eigenvalue weighted by molar-refractivity contribution is -0.121. The number of nitrogens with one attached hydrogen (secondary N) is 1. The van der Waals surface area contributed by atoms with Gasteiger partial charge in [0.2, 0.25) is 11.1 Å². The molecule has 0 unspecified atom stereocenters. The minimum Gasteiger partial charge on any atom is -0.508 e. The maximum absolute atomic E-state index is 12.6. The minimum atomic E-state index is -0.304. The molecule has 1 aliphatic carbocycles. The molecule has 1 saturated carbocycles. The number of amides is 1. The van der Waals surface area contributed by atoms with Gasteiger partial charge in [0, 0.05) is 6.04 Å². The SMILES string of the molecule is C[C@H]1[C@@H](NC(=O)[C@@H](C)Sc2nnnn2-c2ccc(O)cc2)CCC[C@@H]1C. The number of tetrazole rings is 1. The highest BCUT2D eigenvalue weighted by atomic mass is 32.2. The number of hydrogen-bond donors (Lipinski definition) is 2. The molecule has 4 atom stereocenters. The van der Waals surface area contributed by atoms with Crippen molar-refractivity contribution in [2.45, 2.75) is 56.5 Å². The van der Waals surface area contributed by atoms with Crippen LogP contribution in [0.4, 0.5) is 0 Å². The van der Waals surface area contributed by atoms with Crippen LogP contribution in [0.5, 0.6) is 5.75 Å². The third-order valence-corrected chi connectivity index (χ3v) is 6.25. The van der Waals surface area contributed by atoms with E-state index in [0.29, 0.717) is 17.0 Å². The molecule has 3 rings (SSSR count). The van der Waals surface area contributed by atoms with Crippen LogP contribution in [0.3, 0.4) is 0 Å². The van der Waals surface area contributed by atoms with Gasteiger partial charge in [0.1, 0.15) is 5.75 Å². The number of thioether (sulfide) groups is 1. The van der Waals surface area contributed by atoms with Crippen LogP contribution >= 0.6 is 11.8 Å². The van der Waals surface area contributed by atoms with Crippen molar-refractivity contribution in [1.29, 1.82) is 0 Å². The fourth-order valence-electron chi connectivity index (χ4n) is 3.31. The van der Waals surface area contributed by atoms with Crippen LogP contribution in [0.2, 0.25) is 0 Å². The third-order valence-electron chi connectivity index (χ3n) is 5.22. The Morgan fingerprint density at radius 3 is 2.77 bits per heavy atom. The molecule has 0 saturated heterocycles. The van der Waals surface area contributed by atoms with Crippen molar-refractivity contribution in [2.24, 2.45) is 11.8 Å². The zero-order chi connectivity index (χ0) is 18.7. The van der Waals surface area contributed by atoms with Gasteiger partial charge in [-0.3, -0.25) is 4.79 Å². The predicted molar refractivity (Wildman–Crippen MR) is 100 cm³/mol. The van der Waals surface area contributed by atoms with Crippen molar-refractivity contribution < 1.29 is 9.90 Å². The van der Waals surface area contributed by atoms with Crippen LogP contribution in [0, 0.1) is 11.8 Å². The zero-order valence-electron chi connectivity index (χ0n) is 15.3. The Kier molecular flexibility index (Phi) is 5.80. The predicted octanol–water partition coefficient (Wildman–Crippen LogP) is 2.79. The van der Waals surface area contributed by atoms with E-state index < -0.39 is 0 Å². The first-order chi connectivity index (χ1) is 12.5. The van der Waals surface area contributed by atoms with Gasteiger partial charge in [-0.1, -0.05) is 38.5 Å². The molecule has 140 valence electrons. The molecule has 0 radical (unpaired) electrons. The zero-order valence-corrected chi connectivity index (χ0v) is 16.1. The quantitative estimate of drug-likeness (QED) is 0.781.